The van der Waals surface area contributed by atoms with Gasteiger partial charge in [-0.2, -0.15) is 0 Å². The van der Waals surface area contributed by atoms with Crippen LogP contribution in [0.15, 0.2) is 41.6 Å². The van der Waals surface area contributed by atoms with Crippen molar-refractivity contribution in [3.63, 3.8) is 0 Å². The van der Waals surface area contributed by atoms with Crippen LogP contribution >= 0.6 is 0 Å². The maximum atomic E-state index is 11.4. The van der Waals surface area contributed by atoms with Crippen LogP contribution in [0.5, 0.6) is 0 Å². The summed E-state index contributed by atoms with van der Waals surface area (Å²) >= 11 is 0. The molecule has 0 fully saturated rings. The fraction of sp³-hybridized carbons (Fsp3) is 0.409. The van der Waals surface area contributed by atoms with E-state index in [1.807, 2.05) is 6.20 Å². The van der Waals surface area contributed by atoms with Crippen molar-refractivity contribution in [2.75, 3.05) is 7.05 Å². The lowest BCUT2D eigenvalue weighted by Gasteiger charge is -2.12. The molecular formula is C22H30N2O2. The summed E-state index contributed by atoms with van der Waals surface area (Å²) in [6.45, 7) is 8.40. The molecule has 1 aromatic heterocycles. The van der Waals surface area contributed by atoms with E-state index in [9.17, 15) is 9.90 Å². The fourth-order valence-electron chi connectivity index (χ4n) is 3.11. The quantitative estimate of drug-likeness (QED) is 0.616. The minimum Gasteiger partial charge on any atom is -0.480 e. The van der Waals surface area contributed by atoms with Crippen LogP contribution in [0.1, 0.15) is 44.4 Å². The van der Waals surface area contributed by atoms with Crippen molar-refractivity contribution in [3.05, 3.63) is 58.3 Å². The molecule has 0 bridgehead atoms. The summed E-state index contributed by atoms with van der Waals surface area (Å²) in [6, 6.07) is 3.78. The Balaban J connectivity index is 2.54. The molecule has 0 aliphatic rings. The Kier molecular flexibility index (Phi) is 6.81. The molecule has 4 heteroatoms. The highest BCUT2D eigenvalue weighted by Gasteiger charge is 2.19. The van der Waals surface area contributed by atoms with E-state index in [-0.39, 0.29) is 0 Å². The van der Waals surface area contributed by atoms with Crippen LogP contribution in [-0.4, -0.2) is 29.1 Å². The van der Waals surface area contributed by atoms with Gasteiger partial charge in [0.25, 0.3) is 0 Å². The van der Waals surface area contributed by atoms with E-state index in [1.54, 1.807) is 7.05 Å². The summed E-state index contributed by atoms with van der Waals surface area (Å²) < 4.78 is 0. The number of nitrogens with one attached hydrogen (secondary N) is 2. The third-order valence-electron chi connectivity index (χ3n) is 4.62. The van der Waals surface area contributed by atoms with Crippen LogP contribution in [0.2, 0.25) is 0 Å². The summed E-state index contributed by atoms with van der Waals surface area (Å²) in [5.41, 5.74) is 7.22. The van der Waals surface area contributed by atoms with E-state index in [1.165, 1.54) is 27.7 Å². The van der Waals surface area contributed by atoms with Crippen LogP contribution in [0.4, 0.5) is 0 Å². The zero-order valence-corrected chi connectivity index (χ0v) is 16.4. The first-order chi connectivity index (χ1) is 12.3. The van der Waals surface area contributed by atoms with Crippen molar-refractivity contribution in [2.45, 2.75) is 53.0 Å². The monoisotopic (exact) mass is 354 g/mol. The van der Waals surface area contributed by atoms with Gasteiger partial charge >= 0.3 is 5.97 Å². The minimum absolute atomic E-state index is 0.458. The predicted octanol–water partition coefficient (Wildman–Crippen LogP) is 4.40. The molecule has 3 N–H and O–H groups in total. The number of allylic oxidation sites excluding steroid dienone is 4. The number of hydrogen-bond acceptors (Lipinski definition) is 2. The molecule has 1 atom stereocenters. The van der Waals surface area contributed by atoms with Crippen molar-refractivity contribution in [2.24, 2.45) is 0 Å². The van der Waals surface area contributed by atoms with Gasteiger partial charge in [0.1, 0.15) is 6.04 Å². The highest BCUT2D eigenvalue weighted by atomic mass is 16.4. The standard InChI is InChI=1S/C22H30N2O2/c1-14(2)6-8-16-10-11-17(9-7-15(3)4)21-20(16)18(13-24-21)12-19(23-5)22(25)26/h6-7,10-11,13,19,23-24H,8-9,12H2,1-5H3,(H,25,26)/t19-/m0/s1. The van der Waals surface area contributed by atoms with Gasteiger partial charge < -0.3 is 15.4 Å². The number of carbonyl (C=O) groups is 1. The Morgan fingerprint density at radius 2 is 1.65 bits per heavy atom. The van der Waals surface area contributed by atoms with Gasteiger partial charge in [-0.3, -0.25) is 4.79 Å². The normalized spacial score (nSPS) is 12.0. The number of H-pyrrole nitrogens is 1. The fourth-order valence-corrected chi connectivity index (χ4v) is 3.11. The number of aromatic nitrogens is 1. The summed E-state index contributed by atoms with van der Waals surface area (Å²) in [5.74, 6) is -0.826. The van der Waals surface area contributed by atoms with Gasteiger partial charge in [0.15, 0.2) is 0 Å². The maximum absolute atomic E-state index is 11.4. The van der Waals surface area contributed by atoms with Gasteiger partial charge in [0.2, 0.25) is 0 Å². The lowest BCUT2D eigenvalue weighted by molar-refractivity contribution is -0.139. The number of likely N-dealkylation sites (N-methyl/N-ethyl adjacent to an activating group) is 1. The van der Waals surface area contributed by atoms with Crippen molar-refractivity contribution in [1.82, 2.24) is 10.3 Å². The van der Waals surface area contributed by atoms with Crippen LogP contribution in [0, 0.1) is 0 Å². The van der Waals surface area contributed by atoms with E-state index in [0.717, 1.165) is 23.9 Å². The SMILES string of the molecule is CN[C@@H](Cc1c[nH]c2c(CC=C(C)C)ccc(CC=C(C)C)c12)C(=O)O. The lowest BCUT2D eigenvalue weighted by Crippen LogP contribution is -2.35. The van der Waals surface area contributed by atoms with Crippen LogP contribution in [-0.2, 0) is 24.1 Å². The highest BCUT2D eigenvalue weighted by molar-refractivity contribution is 5.90. The molecule has 1 heterocycles. The van der Waals surface area contributed by atoms with Crippen LogP contribution < -0.4 is 5.32 Å². The lowest BCUT2D eigenvalue weighted by atomic mass is 9.95. The Bertz CT molecular complexity index is 835. The first kappa shape index (κ1) is 20.0. The number of carboxylic acid groups (broad SMARTS) is 1. The van der Waals surface area contributed by atoms with Gasteiger partial charge in [-0.25, -0.2) is 0 Å². The summed E-state index contributed by atoms with van der Waals surface area (Å²) in [6.07, 6.45) is 8.59. The number of carboxylic acids is 1. The van der Waals surface area contributed by atoms with Crippen molar-refractivity contribution in [1.29, 1.82) is 0 Å². The Hall–Kier alpha value is -2.33. The minimum atomic E-state index is -0.826. The number of rotatable bonds is 8. The molecule has 0 saturated carbocycles. The second-order valence-corrected chi connectivity index (χ2v) is 7.30. The van der Waals surface area contributed by atoms with Crippen molar-refractivity contribution in [3.8, 4) is 0 Å². The van der Waals surface area contributed by atoms with Gasteiger partial charge in [0, 0.05) is 23.5 Å². The molecule has 0 unspecified atom stereocenters. The summed E-state index contributed by atoms with van der Waals surface area (Å²) in [5, 5.41) is 13.5. The zero-order valence-electron chi connectivity index (χ0n) is 16.4. The van der Waals surface area contributed by atoms with Crippen LogP contribution in [0.25, 0.3) is 10.9 Å². The second kappa shape index (κ2) is 8.86. The number of aliphatic carboxylic acids is 1. The topological polar surface area (TPSA) is 65.1 Å². The maximum Gasteiger partial charge on any atom is 0.321 e. The van der Waals surface area contributed by atoms with E-state index >= 15 is 0 Å². The third kappa shape index (κ3) is 4.85. The second-order valence-electron chi connectivity index (χ2n) is 7.30. The number of benzene rings is 1. The molecule has 0 radical (unpaired) electrons. The highest BCUT2D eigenvalue weighted by Crippen LogP contribution is 2.28. The molecule has 0 aliphatic carbocycles. The summed E-state index contributed by atoms with van der Waals surface area (Å²) in [7, 11) is 1.69. The van der Waals surface area contributed by atoms with Crippen molar-refractivity contribution >= 4 is 16.9 Å². The molecule has 4 nitrogen and oxygen atoms in total. The Morgan fingerprint density at radius 3 is 2.19 bits per heavy atom. The molecular weight excluding hydrogens is 324 g/mol. The Morgan fingerprint density at radius 1 is 1.08 bits per heavy atom. The number of aromatic amines is 1. The largest absolute Gasteiger partial charge is 0.480 e. The van der Waals surface area contributed by atoms with Gasteiger partial charge in [0.05, 0.1) is 0 Å². The molecule has 0 saturated heterocycles. The molecule has 2 aromatic rings. The molecule has 0 spiro atoms. The molecule has 0 amide bonds. The molecule has 2 rings (SSSR count). The molecule has 0 aliphatic heterocycles. The third-order valence-corrected chi connectivity index (χ3v) is 4.62. The number of hydrogen-bond donors (Lipinski definition) is 3. The van der Waals surface area contributed by atoms with Gasteiger partial charge in [-0.1, -0.05) is 35.4 Å². The smallest absolute Gasteiger partial charge is 0.321 e. The van der Waals surface area contributed by atoms with Gasteiger partial charge in [-0.05, 0) is 64.3 Å². The average molecular weight is 354 g/mol. The van der Waals surface area contributed by atoms with Crippen LogP contribution in [0.3, 0.4) is 0 Å². The van der Waals surface area contributed by atoms with E-state index in [0.29, 0.717) is 6.42 Å². The molecule has 26 heavy (non-hydrogen) atoms. The molecule has 140 valence electrons. The van der Waals surface area contributed by atoms with Gasteiger partial charge in [-0.15, -0.1) is 0 Å². The Labute approximate surface area is 156 Å². The number of fused-ring (bicyclic) bond motifs is 1. The first-order valence-electron chi connectivity index (χ1n) is 9.11. The van der Waals surface area contributed by atoms with E-state index < -0.39 is 12.0 Å². The molecule has 1 aromatic carbocycles. The average Bonchev–Trinajstić information content (AvgIpc) is 3.00. The summed E-state index contributed by atoms with van der Waals surface area (Å²) in [4.78, 5) is 14.9. The zero-order chi connectivity index (χ0) is 19.3. The first-order valence-corrected chi connectivity index (χ1v) is 9.11. The van der Waals surface area contributed by atoms with Crippen molar-refractivity contribution < 1.29 is 9.90 Å². The van der Waals surface area contributed by atoms with E-state index in [2.05, 4.69) is 62.3 Å². The predicted molar refractivity (Wildman–Crippen MR) is 109 cm³/mol. The van der Waals surface area contributed by atoms with E-state index in [4.69, 9.17) is 0 Å².